The number of hydrogen-bond donors (Lipinski definition) is 0. The van der Waals surface area contributed by atoms with Gasteiger partial charge in [-0.2, -0.15) is 4.98 Å². The van der Waals surface area contributed by atoms with E-state index in [1.54, 1.807) is 6.20 Å². The first-order valence-electron chi connectivity index (χ1n) is 13.1. The van der Waals surface area contributed by atoms with Gasteiger partial charge >= 0.3 is 0 Å². The van der Waals surface area contributed by atoms with Gasteiger partial charge in [-0.25, -0.2) is 4.98 Å². The van der Waals surface area contributed by atoms with Crippen LogP contribution in [0.5, 0.6) is 0 Å². The fourth-order valence-corrected chi connectivity index (χ4v) is 5.93. The van der Waals surface area contributed by atoms with Crippen molar-refractivity contribution >= 4 is 17.6 Å². The van der Waals surface area contributed by atoms with E-state index in [9.17, 15) is 9.59 Å². The lowest BCUT2D eigenvalue weighted by molar-refractivity contribution is -0.136. The number of pyridine rings is 1. The molecule has 1 unspecified atom stereocenters. The molecule has 3 aliphatic heterocycles. The first-order chi connectivity index (χ1) is 17.3. The van der Waals surface area contributed by atoms with Gasteiger partial charge < -0.3 is 19.2 Å². The quantitative estimate of drug-likeness (QED) is 0.622. The van der Waals surface area contributed by atoms with Crippen molar-refractivity contribution in [3.8, 4) is 0 Å². The Morgan fingerprint density at radius 2 is 1.83 bits per heavy atom. The van der Waals surface area contributed by atoms with E-state index in [0.29, 0.717) is 31.3 Å². The second-order valence-electron chi connectivity index (χ2n) is 10.8. The van der Waals surface area contributed by atoms with Crippen molar-refractivity contribution in [2.45, 2.75) is 46.1 Å². The van der Waals surface area contributed by atoms with Crippen molar-refractivity contribution in [1.29, 1.82) is 0 Å². The maximum atomic E-state index is 13.4. The van der Waals surface area contributed by atoms with Gasteiger partial charge in [-0.3, -0.25) is 14.5 Å². The molecular formula is C26H37N7O3. The predicted molar refractivity (Wildman–Crippen MR) is 134 cm³/mol. The molecule has 5 heterocycles. The third-order valence-electron chi connectivity index (χ3n) is 8.01. The number of piperazine rings is 1. The highest BCUT2D eigenvalue weighted by Crippen LogP contribution is 2.48. The zero-order valence-electron chi connectivity index (χ0n) is 21.6. The van der Waals surface area contributed by atoms with Crippen molar-refractivity contribution in [3.63, 3.8) is 0 Å². The third-order valence-corrected chi connectivity index (χ3v) is 8.01. The number of nitrogens with zero attached hydrogens (tertiary/aromatic N) is 7. The molecule has 0 bridgehead atoms. The number of piperidine rings is 1. The minimum Gasteiger partial charge on any atom is -0.353 e. The van der Waals surface area contributed by atoms with Crippen LogP contribution in [0.3, 0.4) is 0 Å². The molecule has 1 atom stereocenters. The SMILES string of the molecule is Cc1noc(C2CC3(CCN(C(=O)C(C)C)CC3)CN2CC(=O)N2CCN(c3ccccn3)CC2)n1. The monoisotopic (exact) mass is 495 g/mol. The molecule has 0 aromatic carbocycles. The molecule has 1 spiro atoms. The summed E-state index contributed by atoms with van der Waals surface area (Å²) in [5.74, 6) is 2.55. The van der Waals surface area contributed by atoms with E-state index in [0.717, 1.165) is 57.8 Å². The van der Waals surface area contributed by atoms with Gasteiger partial charge in [0.15, 0.2) is 5.82 Å². The third kappa shape index (κ3) is 5.09. The van der Waals surface area contributed by atoms with E-state index in [4.69, 9.17) is 4.52 Å². The number of aromatic nitrogens is 3. The van der Waals surface area contributed by atoms with Crippen LogP contribution in [0.15, 0.2) is 28.9 Å². The maximum absolute atomic E-state index is 13.4. The molecule has 194 valence electrons. The highest BCUT2D eigenvalue weighted by atomic mass is 16.5. The van der Waals surface area contributed by atoms with Crippen LogP contribution in [0.2, 0.25) is 0 Å². The van der Waals surface area contributed by atoms with Crippen molar-refractivity contribution in [2.24, 2.45) is 11.3 Å². The summed E-state index contributed by atoms with van der Waals surface area (Å²) in [7, 11) is 0. The number of hydrogen-bond acceptors (Lipinski definition) is 8. The Bertz CT molecular complexity index is 1060. The van der Waals surface area contributed by atoms with Gasteiger partial charge in [0.05, 0.1) is 12.6 Å². The molecule has 36 heavy (non-hydrogen) atoms. The van der Waals surface area contributed by atoms with Gasteiger partial charge in [-0.15, -0.1) is 0 Å². The van der Waals surface area contributed by atoms with Gasteiger partial charge in [-0.05, 0) is 43.7 Å². The zero-order chi connectivity index (χ0) is 25.3. The largest absolute Gasteiger partial charge is 0.353 e. The molecule has 3 saturated heterocycles. The van der Waals surface area contributed by atoms with Crippen molar-refractivity contribution in [3.05, 3.63) is 36.1 Å². The van der Waals surface area contributed by atoms with Crippen LogP contribution in [0.1, 0.15) is 50.9 Å². The van der Waals surface area contributed by atoms with Crippen LogP contribution in [-0.2, 0) is 9.59 Å². The first-order valence-corrected chi connectivity index (χ1v) is 13.1. The molecule has 2 amide bonds. The van der Waals surface area contributed by atoms with Crippen LogP contribution in [0, 0.1) is 18.3 Å². The molecular weight excluding hydrogens is 458 g/mol. The van der Waals surface area contributed by atoms with Crippen molar-refractivity contribution in [2.75, 3.05) is 57.3 Å². The summed E-state index contributed by atoms with van der Waals surface area (Å²) in [5, 5.41) is 4.02. The minimum absolute atomic E-state index is 0.0176. The summed E-state index contributed by atoms with van der Waals surface area (Å²) < 4.78 is 5.59. The molecule has 0 radical (unpaired) electrons. The number of likely N-dealkylation sites (tertiary alicyclic amines) is 2. The molecule has 0 N–H and O–H groups in total. The van der Waals surface area contributed by atoms with Gasteiger partial charge in [0.1, 0.15) is 5.82 Å². The van der Waals surface area contributed by atoms with Crippen molar-refractivity contribution in [1.82, 2.24) is 29.8 Å². The lowest BCUT2D eigenvalue weighted by atomic mass is 9.76. The van der Waals surface area contributed by atoms with Crippen LogP contribution in [0.4, 0.5) is 5.82 Å². The summed E-state index contributed by atoms with van der Waals surface area (Å²) in [6, 6.07) is 5.85. The number of amides is 2. The van der Waals surface area contributed by atoms with Gasteiger partial charge in [-0.1, -0.05) is 25.1 Å². The summed E-state index contributed by atoms with van der Waals surface area (Å²) in [6.45, 7) is 11.3. The second kappa shape index (κ2) is 10.2. The Morgan fingerprint density at radius 3 is 2.44 bits per heavy atom. The van der Waals surface area contributed by atoms with Crippen molar-refractivity contribution < 1.29 is 14.1 Å². The van der Waals surface area contributed by atoms with Gasteiger partial charge in [0.2, 0.25) is 17.7 Å². The maximum Gasteiger partial charge on any atom is 0.244 e. The summed E-state index contributed by atoms with van der Waals surface area (Å²) in [6.07, 6.45) is 4.54. The van der Waals surface area contributed by atoms with Gasteiger partial charge in [0, 0.05) is 57.9 Å². The Kier molecular flexibility index (Phi) is 6.96. The number of rotatable bonds is 5. The average Bonchev–Trinajstić information content (AvgIpc) is 3.48. The molecule has 3 fully saturated rings. The highest BCUT2D eigenvalue weighted by Gasteiger charge is 2.49. The van der Waals surface area contributed by atoms with Crippen LogP contribution in [-0.4, -0.2) is 94.0 Å². The van der Waals surface area contributed by atoms with E-state index in [-0.39, 0.29) is 29.2 Å². The number of carbonyl (C=O) groups is 2. The lowest BCUT2D eigenvalue weighted by Gasteiger charge is -2.40. The second-order valence-corrected chi connectivity index (χ2v) is 10.8. The topological polar surface area (TPSA) is 98.9 Å². The van der Waals surface area contributed by atoms with Crippen LogP contribution >= 0.6 is 0 Å². The fraction of sp³-hybridized carbons (Fsp3) is 0.654. The Balaban J connectivity index is 1.24. The Morgan fingerprint density at radius 1 is 1.08 bits per heavy atom. The fourth-order valence-electron chi connectivity index (χ4n) is 5.93. The average molecular weight is 496 g/mol. The normalized spacial score (nSPS) is 22.6. The zero-order valence-corrected chi connectivity index (χ0v) is 21.6. The predicted octanol–water partition coefficient (Wildman–Crippen LogP) is 2.13. The van der Waals surface area contributed by atoms with Gasteiger partial charge in [0.25, 0.3) is 0 Å². The van der Waals surface area contributed by atoms with E-state index in [1.165, 1.54) is 0 Å². The summed E-state index contributed by atoms with van der Waals surface area (Å²) in [5.41, 5.74) is 0.0543. The van der Waals surface area contributed by atoms with Crippen LogP contribution < -0.4 is 4.90 Å². The molecule has 0 saturated carbocycles. The summed E-state index contributed by atoms with van der Waals surface area (Å²) >= 11 is 0. The smallest absolute Gasteiger partial charge is 0.244 e. The molecule has 2 aromatic rings. The molecule has 10 heteroatoms. The Hall–Kier alpha value is -3.01. The summed E-state index contributed by atoms with van der Waals surface area (Å²) in [4.78, 5) is 43.3. The molecule has 3 aliphatic rings. The highest BCUT2D eigenvalue weighted by molar-refractivity contribution is 5.79. The molecule has 2 aromatic heterocycles. The molecule has 5 rings (SSSR count). The minimum atomic E-state index is -0.0719. The molecule has 10 nitrogen and oxygen atoms in total. The van der Waals surface area contributed by atoms with Crippen LogP contribution in [0.25, 0.3) is 0 Å². The number of carbonyl (C=O) groups excluding carboxylic acids is 2. The van der Waals surface area contributed by atoms with E-state index < -0.39 is 0 Å². The first kappa shape index (κ1) is 24.7. The van der Waals surface area contributed by atoms with E-state index in [1.807, 2.05) is 48.8 Å². The van der Waals surface area contributed by atoms with E-state index in [2.05, 4.69) is 24.9 Å². The Labute approximate surface area is 212 Å². The number of aryl methyl sites for hydroxylation is 1. The standard InChI is InChI=1S/C26H37N7O3/c1-19(2)25(35)32-10-7-26(8-11-32)16-21(24-28-20(3)29-36-24)33(18-26)17-23(34)31-14-12-30(13-15-31)22-6-4-5-9-27-22/h4-6,9,19,21H,7-8,10-18H2,1-3H3. The lowest BCUT2D eigenvalue weighted by Crippen LogP contribution is -2.51. The number of anilines is 1. The van der Waals surface area contributed by atoms with E-state index >= 15 is 0 Å². The molecule has 0 aliphatic carbocycles.